The van der Waals surface area contributed by atoms with E-state index in [4.69, 9.17) is 24.9 Å². The van der Waals surface area contributed by atoms with Crippen LogP contribution >= 0.6 is 20.2 Å². The molecule has 4 heteroatoms. The Morgan fingerprint density at radius 1 is 1.29 bits per heavy atom. The molecule has 0 aliphatic heterocycles. The van der Waals surface area contributed by atoms with Gasteiger partial charge in [-0.2, -0.15) is 0 Å². The van der Waals surface area contributed by atoms with Gasteiger partial charge < -0.3 is 0 Å². The number of rotatable bonds is 6. The Morgan fingerprint density at radius 3 is 2.53 bits per heavy atom. The van der Waals surface area contributed by atoms with Crippen molar-refractivity contribution < 1.29 is 4.74 Å². The molecule has 0 unspecified atom stereocenters. The van der Waals surface area contributed by atoms with Crippen LogP contribution in [-0.2, 0) is 4.74 Å². The molecular formula is C13H20Cl2OSe. The maximum absolute atomic E-state index is 6.61. The predicted octanol–water partition coefficient (Wildman–Crippen LogP) is 4.32. The average molecular weight is 342 g/mol. The van der Waals surface area contributed by atoms with Crippen LogP contribution in [0.5, 0.6) is 0 Å². The van der Waals surface area contributed by atoms with E-state index >= 15 is 0 Å². The fourth-order valence-corrected chi connectivity index (χ4v) is 7.87. The van der Waals surface area contributed by atoms with E-state index in [2.05, 4.69) is 19.1 Å². The number of halogens is 2. The Hall–Kier alpha value is 0.279. The molecule has 0 saturated heterocycles. The maximum atomic E-state index is 6.61. The molecule has 0 saturated carbocycles. The third kappa shape index (κ3) is 4.15. The first kappa shape index (κ1) is 15.3. The molecule has 0 heterocycles. The minimum absolute atomic E-state index is 0.0434. The molecule has 0 spiro atoms. The predicted molar refractivity (Wildman–Crippen MR) is 78.7 cm³/mol. The van der Waals surface area contributed by atoms with Crippen LogP contribution in [0.2, 0.25) is 5.32 Å². The summed E-state index contributed by atoms with van der Waals surface area (Å²) in [6.07, 6.45) is 2.25. The molecule has 1 atom stereocenters. The van der Waals surface area contributed by atoms with Gasteiger partial charge in [-0.3, -0.25) is 0 Å². The Kier molecular flexibility index (Phi) is 6.33. The normalized spacial score (nSPS) is 14.6. The SMILES string of the molecule is CCCC[Se](Cl)(Cl)c1ccccc1[C@@H](C)OC. The summed E-state index contributed by atoms with van der Waals surface area (Å²) in [6, 6.07) is 8.13. The number of methoxy groups -OCH3 is 1. The van der Waals surface area contributed by atoms with E-state index in [1.54, 1.807) is 7.11 Å². The zero-order chi connectivity index (χ0) is 12.9. The summed E-state index contributed by atoms with van der Waals surface area (Å²) < 4.78 is 6.50. The first-order valence-corrected chi connectivity index (χ1v) is 12.4. The standard InChI is InChI=1S/C13H20Cl2OSe/c1-4-5-10-17(14,15)13-9-7-6-8-12(13)11(2)16-3/h6-9,11H,4-5,10H2,1-3H3/t11-/m1/s1. The van der Waals surface area contributed by atoms with E-state index < -0.39 is 11.0 Å². The minimum atomic E-state index is -2.55. The summed E-state index contributed by atoms with van der Waals surface area (Å²) in [5.74, 6) is 0. The summed E-state index contributed by atoms with van der Waals surface area (Å²) in [4.78, 5) is 0. The summed E-state index contributed by atoms with van der Waals surface area (Å²) in [7, 11) is 14.9. The van der Waals surface area contributed by atoms with Gasteiger partial charge >= 0.3 is 115 Å². The second kappa shape index (κ2) is 7.01. The number of hydrogen-bond acceptors (Lipinski definition) is 1. The monoisotopic (exact) mass is 342 g/mol. The second-order valence-corrected chi connectivity index (χ2v) is 14.5. The summed E-state index contributed by atoms with van der Waals surface area (Å²) in [6.45, 7) is 4.18. The van der Waals surface area contributed by atoms with E-state index in [1.165, 1.54) is 0 Å². The van der Waals surface area contributed by atoms with Crippen molar-refractivity contribution in [3.63, 3.8) is 0 Å². The van der Waals surface area contributed by atoms with Gasteiger partial charge in [0.2, 0.25) is 0 Å². The van der Waals surface area contributed by atoms with Crippen LogP contribution in [0.15, 0.2) is 24.3 Å². The Bertz CT molecular complexity index is 355. The third-order valence-corrected chi connectivity index (χ3v) is 9.93. The Morgan fingerprint density at radius 2 is 1.94 bits per heavy atom. The topological polar surface area (TPSA) is 9.23 Å². The van der Waals surface area contributed by atoms with Crippen molar-refractivity contribution in [2.24, 2.45) is 0 Å². The summed E-state index contributed by atoms with van der Waals surface area (Å²) >= 11 is -2.55. The first-order chi connectivity index (χ1) is 8.03. The molecule has 1 nitrogen and oxygen atoms in total. The molecular weight excluding hydrogens is 322 g/mol. The molecule has 0 fully saturated rings. The van der Waals surface area contributed by atoms with E-state index in [0.717, 1.165) is 28.2 Å². The Balaban J connectivity index is 3.03. The fraction of sp³-hybridized carbons (Fsp3) is 0.538. The van der Waals surface area contributed by atoms with Crippen LogP contribution < -0.4 is 4.46 Å². The molecule has 1 aromatic rings. The van der Waals surface area contributed by atoms with E-state index in [-0.39, 0.29) is 6.10 Å². The van der Waals surface area contributed by atoms with Gasteiger partial charge in [-0.15, -0.1) is 0 Å². The van der Waals surface area contributed by atoms with Crippen molar-refractivity contribution in [3.8, 4) is 0 Å². The van der Waals surface area contributed by atoms with Crippen LogP contribution in [0.3, 0.4) is 0 Å². The molecule has 0 radical (unpaired) electrons. The third-order valence-electron chi connectivity index (χ3n) is 2.79. The van der Waals surface area contributed by atoms with Gasteiger partial charge in [0.1, 0.15) is 0 Å². The van der Waals surface area contributed by atoms with Crippen LogP contribution in [0, 0.1) is 0 Å². The van der Waals surface area contributed by atoms with Crippen molar-refractivity contribution in [1.29, 1.82) is 0 Å². The molecule has 0 amide bonds. The summed E-state index contributed by atoms with van der Waals surface area (Å²) in [5, 5.41) is 0.920. The van der Waals surface area contributed by atoms with Gasteiger partial charge in [-0.05, 0) is 0 Å². The van der Waals surface area contributed by atoms with Gasteiger partial charge in [0.25, 0.3) is 0 Å². The number of hydrogen-bond donors (Lipinski definition) is 0. The Labute approximate surface area is 115 Å². The molecule has 0 bridgehead atoms. The van der Waals surface area contributed by atoms with Gasteiger partial charge in [-0.25, -0.2) is 0 Å². The molecule has 17 heavy (non-hydrogen) atoms. The number of benzene rings is 1. The zero-order valence-corrected chi connectivity index (χ0v) is 13.8. The van der Waals surface area contributed by atoms with E-state index in [1.807, 2.05) is 19.1 Å². The quantitative estimate of drug-likeness (QED) is 0.700. The molecule has 0 aromatic heterocycles. The fourth-order valence-electron chi connectivity index (χ4n) is 1.65. The summed E-state index contributed by atoms with van der Waals surface area (Å²) in [5.41, 5.74) is 1.14. The van der Waals surface area contributed by atoms with E-state index in [0.29, 0.717) is 0 Å². The van der Waals surface area contributed by atoms with Crippen molar-refractivity contribution in [2.75, 3.05) is 7.11 Å². The molecule has 98 valence electrons. The zero-order valence-electron chi connectivity index (χ0n) is 10.6. The van der Waals surface area contributed by atoms with Crippen LogP contribution in [0.25, 0.3) is 0 Å². The molecule has 1 rings (SSSR count). The van der Waals surface area contributed by atoms with Gasteiger partial charge in [0, 0.05) is 0 Å². The van der Waals surface area contributed by atoms with Crippen LogP contribution in [0.4, 0.5) is 0 Å². The van der Waals surface area contributed by atoms with Crippen molar-refractivity contribution >= 4 is 35.7 Å². The molecule has 0 aliphatic carbocycles. The van der Waals surface area contributed by atoms with Crippen molar-refractivity contribution in [3.05, 3.63) is 29.8 Å². The van der Waals surface area contributed by atoms with Crippen molar-refractivity contribution in [2.45, 2.75) is 38.1 Å². The van der Waals surface area contributed by atoms with Crippen LogP contribution in [0.1, 0.15) is 38.4 Å². The van der Waals surface area contributed by atoms with Crippen LogP contribution in [-0.4, -0.2) is 18.1 Å². The van der Waals surface area contributed by atoms with E-state index in [9.17, 15) is 0 Å². The van der Waals surface area contributed by atoms with Gasteiger partial charge in [-0.1, -0.05) is 0 Å². The molecule has 1 aromatic carbocycles. The van der Waals surface area contributed by atoms with Crippen molar-refractivity contribution in [1.82, 2.24) is 0 Å². The van der Waals surface area contributed by atoms with Gasteiger partial charge in [0.15, 0.2) is 0 Å². The first-order valence-electron chi connectivity index (χ1n) is 5.85. The molecule has 0 N–H and O–H groups in total. The number of ether oxygens (including phenoxy) is 1. The second-order valence-electron chi connectivity index (χ2n) is 4.05. The molecule has 0 aliphatic rings. The number of unbranched alkanes of at least 4 members (excludes halogenated alkanes) is 1. The average Bonchev–Trinajstić information content (AvgIpc) is 2.35. The van der Waals surface area contributed by atoms with Gasteiger partial charge in [0.05, 0.1) is 0 Å².